The van der Waals surface area contributed by atoms with Crippen molar-refractivity contribution in [3.05, 3.63) is 28.3 Å². The number of alkyl halides is 1. The SMILES string of the molecule is Nc1c(C#CCCCl)cc(Cl)cc1C(=O)O. The number of carboxylic acids is 1. The zero-order chi connectivity index (χ0) is 12.1. The van der Waals surface area contributed by atoms with Gasteiger partial charge in [0.1, 0.15) is 0 Å². The van der Waals surface area contributed by atoms with Gasteiger partial charge in [0, 0.05) is 22.9 Å². The molecule has 0 saturated carbocycles. The molecule has 0 unspecified atom stereocenters. The van der Waals surface area contributed by atoms with E-state index < -0.39 is 5.97 Å². The van der Waals surface area contributed by atoms with E-state index in [1.807, 2.05) is 0 Å². The van der Waals surface area contributed by atoms with E-state index in [0.29, 0.717) is 22.9 Å². The number of hydrogen-bond acceptors (Lipinski definition) is 2. The Labute approximate surface area is 103 Å². The highest BCUT2D eigenvalue weighted by molar-refractivity contribution is 6.31. The van der Waals surface area contributed by atoms with Crippen molar-refractivity contribution >= 4 is 34.9 Å². The van der Waals surface area contributed by atoms with Crippen molar-refractivity contribution in [3.63, 3.8) is 0 Å². The summed E-state index contributed by atoms with van der Waals surface area (Å²) in [6.45, 7) is 0. The molecule has 0 aliphatic heterocycles. The van der Waals surface area contributed by atoms with Crippen LogP contribution in [-0.2, 0) is 0 Å². The van der Waals surface area contributed by atoms with Crippen LogP contribution in [0.1, 0.15) is 22.3 Å². The molecular weight excluding hydrogens is 249 g/mol. The minimum absolute atomic E-state index is 0.0392. The average Bonchev–Trinajstić information content (AvgIpc) is 2.22. The lowest BCUT2D eigenvalue weighted by atomic mass is 10.1. The van der Waals surface area contributed by atoms with Crippen LogP contribution in [0.5, 0.6) is 0 Å². The summed E-state index contributed by atoms with van der Waals surface area (Å²) >= 11 is 11.2. The number of carboxylic acid groups (broad SMARTS) is 1. The summed E-state index contributed by atoms with van der Waals surface area (Å²) in [5.41, 5.74) is 6.16. The van der Waals surface area contributed by atoms with E-state index in [9.17, 15) is 4.79 Å². The fourth-order valence-corrected chi connectivity index (χ4v) is 1.42. The Kier molecular flexibility index (Phi) is 4.48. The van der Waals surface area contributed by atoms with Gasteiger partial charge < -0.3 is 10.8 Å². The van der Waals surface area contributed by atoms with E-state index in [1.54, 1.807) is 0 Å². The Hall–Kier alpha value is -1.37. The maximum Gasteiger partial charge on any atom is 0.337 e. The van der Waals surface area contributed by atoms with Crippen molar-refractivity contribution in [1.29, 1.82) is 0 Å². The molecule has 0 spiro atoms. The first-order valence-corrected chi connectivity index (χ1v) is 5.34. The van der Waals surface area contributed by atoms with Gasteiger partial charge in [0.15, 0.2) is 0 Å². The van der Waals surface area contributed by atoms with Crippen LogP contribution < -0.4 is 5.73 Å². The van der Waals surface area contributed by atoms with Crippen molar-refractivity contribution in [2.24, 2.45) is 0 Å². The van der Waals surface area contributed by atoms with Crippen LogP contribution in [-0.4, -0.2) is 17.0 Å². The Morgan fingerprint density at radius 3 is 2.75 bits per heavy atom. The van der Waals surface area contributed by atoms with Gasteiger partial charge in [-0.15, -0.1) is 11.6 Å². The normalized spacial score (nSPS) is 9.38. The fraction of sp³-hybridized carbons (Fsp3) is 0.182. The number of nitrogen functional groups attached to an aromatic ring is 1. The topological polar surface area (TPSA) is 63.3 Å². The van der Waals surface area contributed by atoms with E-state index in [1.165, 1.54) is 12.1 Å². The summed E-state index contributed by atoms with van der Waals surface area (Å²) in [6.07, 6.45) is 0.510. The lowest BCUT2D eigenvalue weighted by molar-refractivity contribution is 0.0698. The molecular formula is C11H9Cl2NO2. The second-order valence-electron chi connectivity index (χ2n) is 2.96. The molecule has 0 bridgehead atoms. The molecule has 1 aromatic rings. The van der Waals surface area contributed by atoms with Crippen molar-refractivity contribution in [2.75, 3.05) is 11.6 Å². The highest BCUT2D eigenvalue weighted by Gasteiger charge is 2.11. The van der Waals surface area contributed by atoms with Gasteiger partial charge in [0.2, 0.25) is 0 Å². The maximum atomic E-state index is 10.8. The Balaban J connectivity index is 3.21. The van der Waals surface area contributed by atoms with Gasteiger partial charge >= 0.3 is 5.97 Å². The molecule has 1 rings (SSSR count). The predicted octanol–water partition coefficient (Wildman–Crippen LogP) is 2.60. The maximum absolute atomic E-state index is 10.8. The monoisotopic (exact) mass is 257 g/mol. The van der Waals surface area contributed by atoms with E-state index in [-0.39, 0.29) is 11.3 Å². The van der Waals surface area contributed by atoms with Crippen molar-refractivity contribution in [1.82, 2.24) is 0 Å². The number of rotatable bonds is 2. The molecule has 0 amide bonds. The highest BCUT2D eigenvalue weighted by atomic mass is 35.5. The van der Waals surface area contributed by atoms with Gasteiger partial charge in [0.25, 0.3) is 0 Å². The number of halogens is 2. The second-order valence-corrected chi connectivity index (χ2v) is 3.77. The smallest absolute Gasteiger partial charge is 0.337 e. The molecule has 5 heteroatoms. The van der Waals surface area contributed by atoms with Crippen LogP contribution in [0.2, 0.25) is 5.02 Å². The standard InChI is InChI=1S/C11H9Cl2NO2/c12-4-2-1-3-7-5-8(13)6-9(10(7)14)11(15)16/h5-6H,2,4,14H2,(H,15,16). The molecule has 0 aliphatic rings. The molecule has 3 nitrogen and oxygen atoms in total. The quantitative estimate of drug-likeness (QED) is 0.487. The molecule has 84 valence electrons. The van der Waals surface area contributed by atoms with Crippen LogP contribution in [0.4, 0.5) is 5.69 Å². The number of carbonyl (C=O) groups is 1. The first kappa shape index (κ1) is 12.7. The van der Waals surface area contributed by atoms with Crippen molar-refractivity contribution in [3.8, 4) is 11.8 Å². The molecule has 1 aromatic carbocycles. The summed E-state index contributed by atoms with van der Waals surface area (Å²) < 4.78 is 0. The zero-order valence-corrected chi connectivity index (χ0v) is 9.77. The van der Waals surface area contributed by atoms with E-state index in [0.717, 1.165) is 0 Å². The van der Waals surface area contributed by atoms with Crippen LogP contribution in [0, 0.1) is 11.8 Å². The number of aromatic carboxylic acids is 1. The zero-order valence-electron chi connectivity index (χ0n) is 8.26. The summed E-state index contributed by atoms with van der Waals surface area (Å²) in [4.78, 5) is 10.8. The fourth-order valence-electron chi connectivity index (χ4n) is 1.10. The molecule has 0 radical (unpaired) electrons. The Morgan fingerprint density at radius 1 is 1.50 bits per heavy atom. The third-order valence-electron chi connectivity index (χ3n) is 1.82. The van der Waals surface area contributed by atoms with Gasteiger partial charge in [-0.1, -0.05) is 23.4 Å². The van der Waals surface area contributed by atoms with Gasteiger partial charge in [0.05, 0.1) is 11.3 Å². The van der Waals surface area contributed by atoms with Crippen LogP contribution in [0.25, 0.3) is 0 Å². The first-order valence-electron chi connectivity index (χ1n) is 4.43. The van der Waals surface area contributed by atoms with E-state index in [4.69, 9.17) is 34.0 Å². The van der Waals surface area contributed by atoms with Crippen molar-refractivity contribution in [2.45, 2.75) is 6.42 Å². The predicted molar refractivity (Wildman–Crippen MR) is 65.0 cm³/mol. The second kappa shape index (κ2) is 5.64. The van der Waals surface area contributed by atoms with E-state index >= 15 is 0 Å². The molecule has 16 heavy (non-hydrogen) atoms. The highest BCUT2D eigenvalue weighted by Crippen LogP contribution is 2.22. The minimum atomic E-state index is -1.12. The molecule has 0 aliphatic carbocycles. The van der Waals surface area contributed by atoms with Crippen molar-refractivity contribution < 1.29 is 9.90 Å². The molecule has 0 saturated heterocycles. The van der Waals surface area contributed by atoms with Crippen LogP contribution >= 0.6 is 23.2 Å². The van der Waals surface area contributed by atoms with Crippen LogP contribution in [0.15, 0.2) is 12.1 Å². The van der Waals surface area contributed by atoms with Gasteiger partial charge in [-0.3, -0.25) is 0 Å². The molecule has 0 fully saturated rings. The third-order valence-corrected chi connectivity index (χ3v) is 2.22. The van der Waals surface area contributed by atoms with Gasteiger partial charge in [-0.05, 0) is 12.1 Å². The van der Waals surface area contributed by atoms with Crippen LogP contribution in [0.3, 0.4) is 0 Å². The lowest BCUT2D eigenvalue weighted by Gasteiger charge is -2.04. The number of nitrogens with two attached hydrogens (primary N) is 1. The number of anilines is 1. The Bertz CT molecular complexity index is 475. The minimum Gasteiger partial charge on any atom is -0.478 e. The van der Waals surface area contributed by atoms with E-state index in [2.05, 4.69) is 11.8 Å². The Morgan fingerprint density at radius 2 is 2.19 bits per heavy atom. The third kappa shape index (κ3) is 3.06. The average molecular weight is 258 g/mol. The first-order chi connectivity index (χ1) is 7.56. The summed E-state index contributed by atoms with van der Waals surface area (Å²) in [5, 5.41) is 9.17. The lowest BCUT2D eigenvalue weighted by Crippen LogP contribution is -2.04. The van der Waals surface area contributed by atoms with Gasteiger partial charge in [-0.2, -0.15) is 0 Å². The summed E-state index contributed by atoms with van der Waals surface area (Å²) in [5.74, 6) is 4.81. The number of benzene rings is 1. The molecule has 0 atom stereocenters. The molecule has 3 N–H and O–H groups in total. The summed E-state index contributed by atoms with van der Waals surface area (Å²) in [6, 6.07) is 2.83. The molecule has 0 aromatic heterocycles. The largest absolute Gasteiger partial charge is 0.478 e. The number of hydrogen-bond donors (Lipinski definition) is 2. The molecule has 0 heterocycles. The van der Waals surface area contributed by atoms with Gasteiger partial charge in [-0.25, -0.2) is 4.79 Å². The summed E-state index contributed by atoms with van der Waals surface area (Å²) in [7, 11) is 0.